The van der Waals surface area contributed by atoms with Crippen molar-refractivity contribution in [1.29, 1.82) is 0 Å². The van der Waals surface area contributed by atoms with Crippen LogP contribution >= 0.6 is 15.9 Å². The second-order valence-corrected chi connectivity index (χ2v) is 6.71. The standard InChI is InChI=1S/C15H21BrN4O/c1-11-18-15-14(7-13(16)8-17-15)20(11)5-2-4-19-6-3-12(9-19)10-21/h7-8,12,21H,2-6,9-10H2,1H3/t12-/m1/s1. The van der Waals surface area contributed by atoms with Gasteiger partial charge in [0, 0.05) is 30.4 Å². The third-order valence-electron chi connectivity index (χ3n) is 4.25. The number of halogens is 1. The molecule has 1 aliphatic heterocycles. The van der Waals surface area contributed by atoms with Crippen LogP contribution in [0.15, 0.2) is 16.7 Å². The lowest BCUT2D eigenvalue weighted by molar-refractivity contribution is 0.220. The average Bonchev–Trinajstić information content (AvgIpc) is 3.04. The van der Waals surface area contributed by atoms with Crippen molar-refractivity contribution in [3.8, 4) is 0 Å². The molecule has 0 spiro atoms. The van der Waals surface area contributed by atoms with Crippen molar-refractivity contribution in [2.45, 2.75) is 26.3 Å². The van der Waals surface area contributed by atoms with E-state index in [0.717, 1.165) is 60.5 Å². The molecule has 0 aliphatic carbocycles. The molecule has 0 aromatic carbocycles. The van der Waals surface area contributed by atoms with Crippen LogP contribution in [0.3, 0.4) is 0 Å². The zero-order valence-corrected chi connectivity index (χ0v) is 13.9. The predicted molar refractivity (Wildman–Crippen MR) is 86.2 cm³/mol. The Balaban J connectivity index is 1.63. The number of aryl methyl sites for hydroxylation is 2. The molecule has 0 amide bonds. The summed E-state index contributed by atoms with van der Waals surface area (Å²) in [6.07, 6.45) is 4.01. The van der Waals surface area contributed by atoms with Crippen molar-refractivity contribution in [3.05, 3.63) is 22.6 Å². The topological polar surface area (TPSA) is 54.2 Å². The summed E-state index contributed by atoms with van der Waals surface area (Å²) < 4.78 is 3.23. The van der Waals surface area contributed by atoms with Gasteiger partial charge in [-0.05, 0) is 60.8 Å². The van der Waals surface area contributed by atoms with Gasteiger partial charge in [0.1, 0.15) is 5.82 Å². The highest BCUT2D eigenvalue weighted by atomic mass is 79.9. The normalized spacial score (nSPS) is 19.7. The van der Waals surface area contributed by atoms with Crippen molar-refractivity contribution < 1.29 is 5.11 Å². The van der Waals surface area contributed by atoms with E-state index in [4.69, 9.17) is 0 Å². The average molecular weight is 353 g/mol. The molecule has 3 heterocycles. The van der Waals surface area contributed by atoms with E-state index in [1.54, 1.807) is 6.20 Å². The molecule has 6 heteroatoms. The maximum atomic E-state index is 9.19. The van der Waals surface area contributed by atoms with Gasteiger partial charge in [0.15, 0.2) is 5.65 Å². The lowest BCUT2D eigenvalue weighted by Crippen LogP contribution is -2.23. The molecule has 1 fully saturated rings. The molecule has 21 heavy (non-hydrogen) atoms. The van der Waals surface area contributed by atoms with Crippen molar-refractivity contribution in [1.82, 2.24) is 19.4 Å². The third kappa shape index (κ3) is 3.27. The maximum Gasteiger partial charge on any atom is 0.177 e. The molecule has 2 aromatic heterocycles. The van der Waals surface area contributed by atoms with Gasteiger partial charge in [0.05, 0.1) is 5.52 Å². The van der Waals surface area contributed by atoms with Crippen molar-refractivity contribution in [2.24, 2.45) is 5.92 Å². The summed E-state index contributed by atoms with van der Waals surface area (Å²) in [6.45, 7) is 6.54. The molecule has 5 nitrogen and oxygen atoms in total. The Morgan fingerprint density at radius 1 is 1.43 bits per heavy atom. The van der Waals surface area contributed by atoms with Gasteiger partial charge in [-0.25, -0.2) is 9.97 Å². The first-order chi connectivity index (χ1) is 10.2. The molecule has 0 bridgehead atoms. The molecule has 1 N–H and O–H groups in total. The van der Waals surface area contributed by atoms with Gasteiger partial charge in [0.2, 0.25) is 0 Å². The minimum atomic E-state index is 0.321. The van der Waals surface area contributed by atoms with Gasteiger partial charge in [-0.2, -0.15) is 0 Å². The molecule has 1 saturated heterocycles. The van der Waals surface area contributed by atoms with E-state index in [0.29, 0.717) is 12.5 Å². The number of aliphatic hydroxyl groups excluding tert-OH is 1. The largest absolute Gasteiger partial charge is 0.396 e. The Hall–Kier alpha value is -0.980. The lowest BCUT2D eigenvalue weighted by atomic mass is 10.1. The fraction of sp³-hybridized carbons (Fsp3) is 0.600. The predicted octanol–water partition coefficient (Wildman–Crippen LogP) is 2.21. The number of aromatic nitrogens is 3. The number of aliphatic hydroxyl groups is 1. The number of pyridine rings is 1. The van der Waals surface area contributed by atoms with Crippen molar-refractivity contribution >= 4 is 27.1 Å². The number of nitrogens with zero attached hydrogens (tertiary/aromatic N) is 4. The maximum absolute atomic E-state index is 9.19. The van der Waals surface area contributed by atoms with E-state index in [1.165, 1.54) is 0 Å². The quantitative estimate of drug-likeness (QED) is 0.896. The van der Waals surface area contributed by atoms with Gasteiger partial charge in [0.25, 0.3) is 0 Å². The van der Waals surface area contributed by atoms with Crippen LogP contribution < -0.4 is 0 Å². The molecular weight excluding hydrogens is 332 g/mol. The highest BCUT2D eigenvalue weighted by molar-refractivity contribution is 9.10. The molecule has 0 radical (unpaired) electrons. The van der Waals surface area contributed by atoms with Gasteiger partial charge in [-0.3, -0.25) is 0 Å². The fourth-order valence-corrected chi connectivity index (χ4v) is 3.41. The minimum Gasteiger partial charge on any atom is -0.396 e. The van der Waals surface area contributed by atoms with Crippen LogP contribution in [-0.2, 0) is 6.54 Å². The Morgan fingerprint density at radius 3 is 3.05 bits per heavy atom. The van der Waals surface area contributed by atoms with Gasteiger partial charge in [-0.1, -0.05) is 0 Å². The van der Waals surface area contributed by atoms with Gasteiger partial charge < -0.3 is 14.6 Å². The Kier molecular flexibility index (Phi) is 4.57. The van der Waals surface area contributed by atoms with E-state index < -0.39 is 0 Å². The number of fused-ring (bicyclic) bond motifs is 1. The van der Waals surface area contributed by atoms with Crippen molar-refractivity contribution in [3.63, 3.8) is 0 Å². The number of imidazole rings is 1. The second-order valence-electron chi connectivity index (χ2n) is 5.80. The Bertz CT molecular complexity index is 627. The zero-order valence-electron chi connectivity index (χ0n) is 12.3. The molecule has 0 saturated carbocycles. The molecule has 2 aromatic rings. The SMILES string of the molecule is Cc1nc2ncc(Br)cc2n1CCCN1CC[C@@H](CO)C1. The summed E-state index contributed by atoms with van der Waals surface area (Å²) >= 11 is 3.48. The monoisotopic (exact) mass is 352 g/mol. The summed E-state index contributed by atoms with van der Waals surface area (Å²) in [5.74, 6) is 1.49. The fourth-order valence-electron chi connectivity index (χ4n) is 3.09. The second kappa shape index (κ2) is 6.42. The van der Waals surface area contributed by atoms with Crippen LogP contribution in [0.25, 0.3) is 11.2 Å². The Labute approximate surface area is 133 Å². The van der Waals surface area contributed by atoms with E-state index in [9.17, 15) is 5.11 Å². The first-order valence-corrected chi connectivity index (χ1v) is 8.28. The van der Waals surface area contributed by atoms with Crippen LogP contribution in [0.2, 0.25) is 0 Å². The molecule has 1 aliphatic rings. The van der Waals surface area contributed by atoms with E-state index in [-0.39, 0.29) is 0 Å². The van der Waals surface area contributed by atoms with Crippen molar-refractivity contribution in [2.75, 3.05) is 26.2 Å². The molecular formula is C15H21BrN4O. The number of rotatable bonds is 5. The van der Waals surface area contributed by atoms with Crippen LogP contribution in [0.4, 0.5) is 0 Å². The first-order valence-electron chi connectivity index (χ1n) is 7.49. The van der Waals surface area contributed by atoms with Gasteiger partial charge >= 0.3 is 0 Å². The zero-order chi connectivity index (χ0) is 14.8. The summed E-state index contributed by atoms with van der Waals surface area (Å²) in [7, 11) is 0. The lowest BCUT2D eigenvalue weighted by Gasteiger charge is -2.16. The van der Waals surface area contributed by atoms with E-state index in [1.807, 2.05) is 6.92 Å². The number of hydrogen-bond acceptors (Lipinski definition) is 4. The molecule has 3 rings (SSSR count). The molecule has 1 atom stereocenters. The number of likely N-dealkylation sites (tertiary alicyclic amines) is 1. The Morgan fingerprint density at radius 2 is 2.29 bits per heavy atom. The van der Waals surface area contributed by atoms with Crippen LogP contribution in [0, 0.1) is 12.8 Å². The first kappa shape index (κ1) is 14.9. The van der Waals surface area contributed by atoms with Crippen LogP contribution in [0.1, 0.15) is 18.7 Å². The van der Waals surface area contributed by atoms with E-state index in [2.05, 4.69) is 41.4 Å². The van der Waals surface area contributed by atoms with Crippen LogP contribution in [0.5, 0.6) is 0 Å². The van der Waals surface area contributed by atoms with Gasteiger partial charge in [-0.15, -0.1) is 0 Å². The summed E-state index contributed by atoms with van der Waals surface area (Å²) in [5.41, 5.74) is 1.91. The summed E-state index contributed by atoms with van der Waals surface area (Å²) in [4.78, 5) is 11.3. The van der Waals surface area contributed by atoms with Crippen LogP contribution in [-0.4, -0.2) is 50.8 Å². The highest BCUT2D eigenvalue weighted by Gasteiger charge is 2.21. The summed E-state index contributed by atoms with van der Waals surface area (Å²) in [6, 6.07) is 2.08. The minimum absolute atomic E-state index is 0.321. The highest BCUT2D eigenvalue weighted by Crippen LogP contribution is 2.20. The molecule has 0 unspecified atom stereocenters. The number of hydrogen-bond donors (Lipinski definition) is 1. The molecule has 114 valence electrons. The smallest absolute Gasteiger partial charge is 0.177 e. The third-order valence-corrected chi connectivity index (χ3v) is 4.68. The van der Waals surface area contributed by atoms with E-state index >= 15 is 0 Å². The summed E-state index contributed by atoms with van der Waals surface area (Å²) in [5, 5.41) is 9.19.